The minimum atomic E-state index is -1.16. The van der Waals surface area contributed by atoms with Crippen LogP contribution in [0, 0.1) is 11.5 Å². The monoisotopic (exact) mass is 322 g/mol. The van der Waals surface area contributed by atoms with E-state index in [1.807, 2.05) is 0 Å². The molecule has 0 aromatic rings. The smallest absolute Gasteiger partial charge is 0.157 e. The molecule has 0 saturated carbocycles. The van der Waals surface area contributed by atoms with Crippen molar-refractivity contribution in [2.45, 2.75) is 19.6 Å². The average Bonchev–Trinajstić information content (AvgIpc) is 2.33. The van der Waals surface area contributed by atoms with E-state index in [2.05, 4.69) is 55.5 Å². The minimum Gasteiger partial charge on any atom is -1.00 e. The maximum absolute atomic E-state index is 3.37. The predicted molar refractivity (Wildman–Crippen MR) is 58.7 cm³/mol. The van der Waals surface area contributed by atoms with Crippen molar-refractivity contribution in [3.63, 3.8) is 0 Å². The van der Waals surface area contributed by atoms with Gasteiger partial charge in [-0.2, -0.15) is 0 Å². The van der Waals surface area contributed by atoms with Crippen LogP contribution in [0.1, 0.15) is 0 Å². The van der Waals surface area contributed by atoms with Gasteiger partial charge in [-0.3, -0.25) is 4.90 Å². The lowest BCUT2D eigenvalue weighted by molar-refractivity contribution is -0.826. The molecule has 0 aliphatic carbocycles. The van der Waals surface area contributed by atoms with E-state index in [0.29, 0.717) is 0 Å². The van der Waals surface area contributed by atoms with E-state index >= 15 is 0 Å². The van der Waals surface area contributed by atoms with Crippen LogP contribution in [0.3, 0.4) is 0 Å². The fourth-order valence-electron chi connectivity index (χ4n) is 1.17. The Hall–Kier alpha value is 0.00688. The van der Waals surface area contributed by atoms with Gasteiger partial charge in [0.25, 0.3) is 0 Å². The van der Waals surface area contributed by atoms with Crippen LogP contribution in [0.4, 0.5) is 0 Å². The summed E-state index contributed by atoms with van der Waals surface area (Å²) in [6, 6.07) is 0. The maximum atomic E-state index is 3.37. The van der Waals surface area contributed by atoms with Gasteiger partial charge in [-0.25, -0.2) is 0 Å². The normalized spacial score (nSPS) is 20.0. The van der Waals surface area contributed by atoms with Crippen molar-refractivity contribution >= 4 is 8.07 Å². The first-order valence-corrected chi connectivity index (χ1v) is 8.22. The fraction of sp³-hybridized carbons (Fsp3) is 0.600. The van der Waals surface area contributed by atoms with Gasteiger partial charge in [0.2, 0.25) is 0 Å². The predicted octanol–water partition coefficient (Wildman–Crippen LogP) is -2.87. The number of halogens is 1. The van der Waals surface area contributed by atoms with Crippen molar-refractivity contribution in [2.24, 2.45) is 0 Å². The molecule has 2 nitrogen and oxygen atoms in total. The molecule has 0 amide bonds. The molecule has 1 aliphatic rings. The highest BCUT2D eigenvalue weighted by Gasteiger charge is 2.11. The van der Waals surface area contributed by atoms with E-state index in [9.17, 15) is 0 Å². The Labute approximate surface area is 105 Å². The molecule has 1 unspecified atom stereocenters. The minimum absolute atomic E-state index is 0. The van der Waals surface area contributed by atoms with E-state index in [4.69, 9.17) is 0 Å². The van der Waals surface area contributed by atoms with Crippen LogP contribution in [0.15, 0.2) is 12.4 Å². The first kappa shape index (κ1) is 14.0. The van der Waals surface area contributed by atoms with E-state index < -0.39 is 8.07 Å². The van der Waals surface area contributed by atoms with Gasteiger partial charge in [0.1, 0.15) is 14.3 Å². The van der Waals surface area contributed by atoms with Crippen LogP contribution >= 0.6 is 0 Å². The zero-order valence-electron chi connectivity index (χ0n) is 9.39. The van der Waals surface area contributed by atoms with Gasteiger partial charge in [-0.1, -0.05) is 25.6 Å². The summed E-state index contributed by atoms with van der Waals surface area (Å²) in [7, 11) is 0.990. The summed E-state index contributed by atoms with van der Waals surface area (Å²) in [6.45, 7) is 8.77. The summed E-state index contributed by atoms with van der Waals surface area (Å²) in [5, 5.41) is 0. The summed E-state index contributed by atoms with van der Waals surface area (Å²) >= 11 is 0. The highest BCUT2D eigenvalue weighted by Crippen LogP contribution is 1.96. The molecule has 1 heterocycles. The quantitative estimate of drug-likeness (QED) is 0.310. The van der Waals surface area contributed by atoms with E-state index in [1.54, 1.807) is 0 Å². The van der Waals surface area contributed by atoms with Crippen LogP contribution in [0.2, 0.25) is 19.6 Å². The zero-order valence-corrected chi connectivity index (χ0v) is 12.6. The second-order valence-corrected chi connectivity index (χ2v) is 9.37. The summed E-state index contributed by atoms with van der Waals surface area (Å²) < 4.78 is 0. The first-order valence-electron chi connectivity index (χ1n) is 4.72. The van der Waals surface area contributed by atoms with E-state index in [-0.39, 0.29) is 24.0 Å². The van der Waals surface area contributed by atoms with E-state index in [1.165, 1.54) is 4.90 Å². The topological polar surface area (TPSA) is 7.68 Å². The van der Waals surface area contributed by atoms with Crippen LogP contribution in [0.5, 0.6) is 0 Å². The summed E-state index contributed by atoms with van der Waals surface area (Å²) in [4.78, 5) is 3.68. The van der Waals surface area contributed by atoms with Crippen molar-refractivity contribution < 1.29 is 28.9 Å². The molecule has 0 aromatic carbocycles. The molecule has 1 N–H and O–H groups in total. The molecular formula is C10H19IN2Si. The van der Waals surface area contributed by atoms with Crippen molar-refractivity contribution in [3.8, 4) is 11.5 Å². The number of hydrogen-bond donors (Lipinski definition) is 1. The number of hydrogen-bond acceptors (Lipinski definition) is 1. The lowest BCUT2D eigenvalue weighted by Crippen LogP contribution is -3.03. The second kappa shape index (κ2) is 5.78. The van der Waals surface area contributed by atoms with Gasteiger partial charge >= 0.3 is 0 Å². The molecule has 0 fully saturated rings. The van der Waals surface area contributed by atoms with Crippen molar-refractivity contribution in [3.05, 3.63) is 12.4 Å². The Morgan fingerprint density at radius 1 is 1.43 bits per heavy atom. The van der Waals surface area contributed by atoms with Crippen molar-refractivity contribution in [1.29, 1.82) is 0 Å². The molecule has 14 heavy (non-hydrogen) atoms. The van der Waals surface area contributed by atoms with Crippen LogP contribution in [-0.2, 0) is 0 Å². The van der Waals surface area contributed by atoms with Gasteiger partial charge in [0.15, 0.2) is 6.67 Å². The highest BCUT2D eigenvalue weighted by molar-refractivity contribution is 6.83. The first-order chi connectivity index (χ1) is 5.97. The number of nitrogens with one attached hydrogen (secondary N) is 1. The lowest BCUT2D eigenvalue weighted by Gasteiger charge is -2.11. The van der Waals surface area contributed by atoms with Crippen molar-refractivity contribution in [1.82, 2.24) is 4.90 Å². The van der Waals surface area contributed by atoms with Crippen molar-refractivity contribution in [2.75, 3.05) is 20.3 Å². The van der Waals surface area contributed by atoms with Gasteiger partial charge in [-0.15, -0.1) is 5.54 Å². The van der Waals surface area contributed by atoms with Gasteiger partial charge < -0.3 is 28.9 Å². The third-order valence-corrected chi connectivity index (χ3v) is 2.69. The SMILES string of the molecule is C[NH+]1C=CN(CC#C[Si](C)(C)C)C1.[I-]. The number of rotatable bonds is 1. The summed E-state index contributed by atoms with van der Waals surface area (Å²) in [6.07, 6.45) is 4.30. The Balaban J connectivity index is 0.00000169. The van der Waals surface area contributed by atoms with E-state index in [0.717, 1.165) is 13.2 Å². The van der Waals surface area contributed by atoms with Crippen LogP contribution < -0.4 is 28.9 Å². The number of nitrogens with zero attached hydrogens (tertiary/aromatic N) is 1. The Kier molecular flexibility index (Phi) is 5.79. The lowest BCUT2D eigenvalue weighted by atomic mass is 10.6. The molecule has 0 radical (unpaired) electrons. The largest absolute Gasteiger partial charge is 1.00 e. The molecule has 1 aliphatic heterocycles. The fourth-order valence-corrected chi connectivity index (χ4v) is 1.78. The highest BCUT2D eigenvalue weighted by atomic mass is 127. The molecule has 1 atom stereocenters. The van der Waals surface area contributed by atoms with Gasteiger partial charge in [-0.05, 0) is 0 Å². The Morgan fingerprint density at radius 3 is 2.50 bits per heavy atom. The molecule has 0 spiro atoms. The third kappa shape index (κ3) is 5.68. The standard InChI is InChI=1S/C10H18N2Si.HI/c1-11-7-8-12(10-11)6-5-9-13(2,3)4;/h7-8H,6,10H2,1-4H3;1H. The Bertz CT molecular complexity index is 260. The molecule has 0 aromatic heterocycles. The molecule has 4 heteroatoms. The van der Waals surface area contributed by atoms with Gasteiger partial charge in [0, 0.05) is 0 Å². The molecule has 0 bridgehead atoms. The molecular weight excluding hydrogens is 303 g/mol. The molecule has 80 valence electrons. The third-order valence-electron chi connectivity index (χ3n) is 1.77. The maximum Gasteiger partial charge on any atom is 0.157 e. The van der Waals surface area contributed by atoms with Crippen LogP contribution in [0.25, 0.3) is 0 Å². The second-order valence-electron chi connectivity index (χ2n) is 4.62. The molecule has 1 rings (SSSR count). The average molecular weight is 322 g/mol. The summed E-state index contributed by atoms with van der Waals surface area (Å²) in [5.41, 5.74) is 3.37. The molecule has 0 saturated heterocycles. The van der Waals surface area contributed by atoms with Gasteiger partial charge in [0.05, 0.1) is 19.8 Å². The Morgan fingerprint density at radius 2 is 2.07 bits per heavy atom. The zero-order chi connectivity index (χ0) is 9.90. The van der Waals surface area contributed by atoms with Crippen LogP contribution in [-0.4, -0.2) is 33.2 Å². The summed E-state index contributed by atoms with van der Waals surface area (Å²) in [5.74, 6) is 3.26. The number of quaternary nitrogens is 1.